The van der Waals surface area contributed by atoms with E-state index in [2.05, 4.69) is 32.5 Å². The van der Waals surface area contributed by atoms with Crippen molar-refractivity contribution < 1.29 is 0 Å². The number of fused-ring (bicyclic) bond motifs is 1. The highest BCUT2D eigenvalue weighted by atomic mass is 15.1. The molecule has 2 unspecified atom stereocenters. The summed E-state index contributed by atoms with van der Waals surface area (Å²) in [5, 5.41) is 6.55. The van der Waals surface area contributed by atoms with Gasteiger partial charge in [-0.3, -0.25) is 0 Å². The maximum absolute atomic E-state index is 4.61. The molecule has 3 heterocycles. The molecule has 1 aliphatic rings. The topological polar surface area (TPSA) is 65.6 Å². The molecule has 3 N–H and O–H groups in total. The van der Waals surface area contributed by atoms with Gasteiger partial charge in [0.2, 0.25) is 0 Å². The second-order valence-corrected chi connectivity index (χ2v) is 5.08. The van der Waals surface area contributed by atoms with Gasteiger partial charge in [0.25, 0.3) is 0 Å². The number of rotatable bonds is 2. The van der Waals surface area contributed by atoms with E-state index < -0.39 is 0 Å². The molecule has 0 radical (unpaired) electrons. The summed E-state index contributed by atoms with van der Waals surface area (Å²) in [5.41, 5.74) is 1.79. The van der Waals surface area contributed by atoms with Crippen molar-refractivity contribution in [2.75, 3.05) is 18.9 Å². The maximum Gasteiger partial charge on any atom is 0.179 e. The van der Waals surface area contributed by atoms with Gasteiger partial charge in [-0.2, -0.15) is 0 Å². The van der Waals surface area contributed by atoms with E-state index in [1.807, 2.05) is 19.2 Å². The van der Waals surface area contributed by atoms with Crippen LogP contribution >= 0.6 is 0 Å². The Hall–Kier alpha value is -1.62. The first-order valence-corrected chi connectivity index (χ1v) is 6.54. The fourth-order valence-corrected chi connectivity index (χ4v) is 2.53. The van der Waals surface area contributed by atoms with Gasteiger partial charge >= 0.3 is 0 Å². The van der Waals surface area contributed by atoms with Crippen LogP contribution in [0.5, 0.6) is 0 Å². The molecule has 96 valence electrons. The van der Waals surface area contributed by atoms with E-state index >= 15 is 0 Å². The van der Waals surface area contributed by atoms with E-state index in [0.29, 0.717) is 6.04 Å². The number of hydrogen-bond acceptors (Lipinski definition) is 4. The first-order valence-electron chi connectivity index (χ1n) is 6.54. The molecule has 2 aromatic rings. The third-order valence-electron chi connectivity index (χ3n) is 3.62. The number of anilines is 1. The number of H-pyrrole nitrogens is 1. The SMILES string of the molecule is CNc1ccc2[nH]c(C3CC(C)CCN3)nc2n1. The van der Waals surface area contributed by atoms with Crippen molar-refractivity contribution in [2.24, 2.45) is 5.92 Å². The van der Waals surface area contributed by atoms with Crippen LogP contribution in [0.4, 0.5) is 5.82 Å². The lowest BCUT2D eigenvalue weighted by atomic mass is 9.94. The van der Waals surface area contributed by atoms with Crippen LogP contribution < -0.4 is 10.6 Å². The second-order valence-electron chi connectivity index (χ2n) is 5.08. The van der Waals surface area contributed by atoms with E-state index in [4.69, 9.17) is 0 Å². The minimum Gasteiger partial charge on any atom is -0.373 e. The molecule has 18 heavy (non-hydrogen) atoms. The molecule has 1 aliphatic heterocycles. The van der Waals surface area contributed by atoms with Gasteiger partial charge in [0.1, 0.15) is 11.6 Å². The molecule has 2 aromatic heterocycles. The zero-order valence-corrected chi connectivity index (χ0v) is 10.8. The van der Waals surface area contributed by atoms with E-state index in [-0.39, 0.29) is 0 Å². The second kappa shape index (κ2) is 4.57. The predicted molar refractivity (Wildman–Crippen MR) is 72.6 cm³/mol. The molecule has 0 aromatic carbocycles. The zero-order chi connectivity index (χ0) is 12.5. The minimum atomic E-state index is 0.334. The van der Waals surface area contributed by atoms with Crippen molar-refractivity contribution in [3.63, 3.8) is 0 Å². The lowest BCUT2D eigenvalue weighted by Gasteiger charge is -2.26. The van der Waals surface area contributed by atoms with E-state index in [1.165, 1.54) is 6.42 Å². The summed E-state index contributed by atoms with van der Waals surface area (Å²) in [6, 6.07) is 4.32. The number of aromatic nitrogens is 3. The van der Waals surface area contributed by atoms with Crippen LogP contribution in [0.3, 0.4) is 0 Å². The lowest BCUT2D eigenvalue weighted by molar-refractivity contribution is 0.317. The molecule has 5 heteroatoms. The van der Waals surface area contributed by atoms with Crippen molar-refractivity contribution >= 4 is 17.0 Å². The van der Waals surface area contributed by atoms with Crippen molar-refractivity contribution in [1.29, 1.82) is 0 Å². The quantitative estimate of drug-likeness (QED) is 0.757. The Morgan fingerprint density at radius 2 is 2.22 bits per heavy atom. The summed E-state index contributed by atoms with van der Waals surface area (Å²) in [5.74, 6) is 2.62. The van der Waals surface area contributed by atoms with Crippen molar-refractivity contribution in [2.45, 2.75) is 25.8 Å². The summed E-state index contributed by atoms with van der Waals surface area (Å²) < 4.78 is 0. The van der Waals surface area contributed by atoms with Crippen molar-refractivity contribution in [1.82, 2.24) is 20.3 Å². The van der Waals surface area contributed by atoms with Crippen LogP contribution in [0.15, 0.2) is 12.1 Å². The highest BCUT2D eigenvalue weighted by Crippen LogP contribution is 2.26. The van der Waals surface area contributed by atoms with Crippen LogP contribution in [0.2, 0.25) is 0 Å². The molecule has 3 rings (SSSR count). The van der Waals surface area contributed by atoms with Gasteiger partial charge in [-0.25, -0.2) is 9.97 Å². The molecular weight excluding hydrogens is 226 g/mol. The molecule has 0 spiro atoms. The lowest BCUT2D eigenvalue weighted by Crippen LogP contribution is -2.31. The Bertz CT molecular complexity index is 547. The van der Waals surface area contributed by atoms with Crippen molar-refractivity contribution in [3.05, 3.63) is 18.0 Å². The van der Waals surface area contributed by atoms with Crippen molar-refractivity contribution in [3.8, 4) is 0 Å². The molecule has 0 saturated carbocycles. The summed E-state index contributed by atoms with van der Waals surface area (Å²) in [7, 11) is 1.87. The number of piperidine rings is 1. The van der Waals surface area contributed by atoms with Crippen LogP contribution in [0, 0.1) is 5.92 Å². The van der Waals surface area contributed by atoms with E-state index in [0.717, 1.165) is 41.7 Å². The van der Waals surface area contributed by atoms with Gasteiger partial charge in [-0.15, -0.1) is 0 Å². The standard InChI is InChI=1S/C13H19N5/c1-8-5-6-15-10(7-8)13-16-9-3-4-11(14-2)17-12(9)18-13/h3-4,8,10,15H,5-7H2,1-2H3,(H2,14,16,17,18). The van der Waals surface area contributed by atoms with Crippen LogP contribution in [0.1, 0.15) is 31.6 Å². The van der Waals surface area contributed by atoms with Crippen LogP contribution in [-0.4, -0.2) is 28.5 Å². The monoisotopic (exact) mass is 245 g/mol. The number of nitrogens with zero attached hydrogens (tertiary/aromatic N) is 2. The Kier molecular flexibility index (Phi) is 2.91. The van der Waals surface area contributed by atoms with Crippen LogP contribution in [-0.2, 0) is 0 Å². The molecule has 1 fully saturated rings. The Labute approximate surface area is 106 Å². The highest BCUT2D eigenvalue weighted by Gasteiger charge is 2.22. The third-order valence-corrected chi connectivity index (χ3v) is 3.62. The average molecular weight is 245 g/mol. The fourth-order valence-electron chi connectivity index (χ4n) is 2.53. The van der Waals surface area contributed by atoms with Gasteiger partial charge in [-0.1, -0.05) is 6.92 Å². The van der Waals surface area contributed by atoms with Gasteiger partial charge in [0.05, 0.1) is 11.6 Å². The Morgan fingerprint density at radius 1 is 1.33 bits per heavy atom. The number of nitrogens with one attached hydrogen (secondary N) is 3. The smallest absolute Gasteiger partial charge is 0.179 e. The first kappa shape index (κ1) is 11.5. The van der Waals surface area contributed by atoms with Gasteiger partial charge in [0, 0.05) is 7.05 Å². The molecule has 2 atom stereocenters. The molecule has 1 saturated heterocycles. The first-order chi connectivity index (χ1) is 8.76. The van der Waals surface area contributed by atoms with Gasteiger partial charge in [-0.05, 0) is 37.4 Å². The molecule has 0 bridgehead atoms. The van der Waals surface area contributed by atoms with Gasteiger partial charge in [0.15, 0.2) is 5.65 Å². The molecular formula is C13H19N5. The van der Waals surface area contributed by atoms with E-state index in [1.54, 1.807) is 0 Å². The number of hydrogen-bond donors (Lipinski definition) is 3. The summed E-state index contributed by atoms with van der Waals surface area (Å²) in [6.45, 7) is 3.37. The van der Waals surface area contributed by atoms with E-state index in [9.17, 15) is 0 Å². The highest BCUT2D eigenvalue weighted by molar-refractivity contribution is 5.72. The molecule has 0 amide bonds. The van der Waals surface area contributed by atoms with Crippen LogP contribution in [0.25, 0.3) is 11.2 Å². The maximum atomic E-state index is 4.61. The third kappa shape index (κ3) is 2.06. The summed E-state index contributed by atoms with van der Waals surface area (Å²) in [6.07, 6.45) is 2.39. The molecule has 0 aliphatic carbocycles. The summed E-state index contributed by atoms with van der Waals surface area (Å²) in [4.78, 5) is 12.4. The normalized spacial score (nSPS) is 24.3. The average Bonchev–Trinajstić information content (AvgIpc) is 2.81. The fraction of sp³-hybridized carbons (Fsp3) is 0.538. The number of aromatic amines is 1. The Balaban J connectivity index is 1.92. The number of imidazole rings is 1. The largest absolute Gasteiger partial charge is 0.373 e. The predicted octanol–water partition coefficient (Wildman–Crippen LogP) is 2.06. The number of pyridine rings is 1. The summed E-state index contributed by atoms with van der Waals surface area (Å²) >= 11 is 0. The zero-order valence-electron chi connectivity index (χ0n) is 10.8. The van der Waals surface area contributed by atoms with Gasteiger partial charge < -0.3 is 15.6 Å². The molecule has 5 nitrogen and oxygen atoms in total. The minimum absolute atomic E-state index is 0.334. The Morgan fingerprint density at radius 3 is 3.00 bits per heavy atom.